The van der Waals surface area contributed by atoms with Crippen molar-refractivity contribution in [2.45, 2.75) is 71.4 Å². The molecule has 220 valence electrons. The monoisotopic (exact) mass is 561 g/mol. The summed E-state index contributed by atoms with van der Waals surface area (Å²) in [6.07, 6.45) is 2.59. The van der Waals surface area contributed by atoms with Gasteiger partial charge in [0, 0.05) is 34.8 Å². The number of nitrogens with one attached hydrogen (secondary N) is 2. The molecule has 4 aliphatic rings. The second-order valence-electron chi connectivity index (χ2n) is 13.0. The summed E-state index contributed by atoms with van der Waals surface area (Å²) in [6, 6.07) is 13.6. The lowest BCUT2D eigenvalue weighted by Gasteiger charge is -2.62. The molecule has 1 amide bonds. The van der Waals surface area contributed by atoms with E-state index >= 15 is 0 Å². The first kappa shape index (κ1) is 28.2. The first-order valence-electron chi connectivity index (χ1n) is 14.9. The lowest BCUT2D eigenvalue weighted by molar-refractivity contribution is -0.183. The number of ether oxygens (including phenoxy) is 1. The Morgan fingerprint density at radius 1 is 1.24 bits per heavy atom. The van der Waals surface area contributed by atoms with Crippen molar-refractivity contribution >= 4 is 16.8 Å². The molecule has 3 saturated carbocycles. The number of carbonyl (C=O) groups is 1. The quantitative estimate of drug-likeness (QED) is 0.323. The van der Waals surface area contributed by atoms with E-state index in [2.05, 4.69) is 49.3 Å². The largest absolute Gasteiger partial charge is 0.496 e. The van der Waals surface area contributed by atoms with Gasteiger partial charge in [0.1, 0.15) is 17.9 Å². The van der Waals surface area contributed by atoms with Crippen LogP contribution in [0.2, 0.25) is 0 Å². The van der Waals surface area contributed by atoms with E-state index in [1.807, 2.05) is 30.5 Å². The highest BCUT2D eigenvalue weighted by molar-refractivity contribution is 5.86. The van der Waals surface area contributed by atoms with Crippen LogP contribution in [0.5, 0.6) is 5.75 Å². The molecule has 8 heteroatoms. The van der Waals surface area contributed by atoms with Crippen LogP contribution in [0.25, 0.3) is 22.0 Å². The molecule has 1 saturated heterocycles. The van der Waals surface area contributed by atoms with E-state index in [0.717, 1.165) is 34.0 Å². The van der Waals surface area contributed by atoms with Gasteiger partial charge in [-0.05, 0) is 72.1 Å². The average molecular weight is 562 g/mol. The topological polar surface area (TPSA) is 107 Å². The highest BCUT2D eigenvalue weighted by atomic mass is 16.7. The number of nitrogens with zero attached hydrogens (tertiary/aromatic N) is 1. The zero-order chi connectivity index (χ0) is 29.1. The van der Waals surface area contributed by atoms with Crippen LogP contribution in [0, 0.1) is 29.1 Å². The van der Waals surface area contributed by atoms with E-state index < -0.39 is 24.2 Å². The van der Waals surface area contributed by atoms with Crippen LogP contribution >= 0.6 is 0 Å². The van der Waals surface area contributed by atoms with Gasteiger partial charge in [-0.1, -0.05) is 45.0 Å². The fraction of sp³-hybridized carbons (Fsp3) is 0.545. The fourth-order valence-corrected chi connectivity index (χ4v) is 8.05. The van der Waals surface area contributed by atoms with Gasteiger partial charge >= 0.3 is 0 Å². The number of benzene rings is 2. The summed E-state index contributed by atoms with van der Waals surface area (Å²) in [5.74, 6) is 1.56. The number of para-hydroxylation sites is 1. The number of aromatic nitrogens is 1. The maximum atomic E-state index is 14.0. The van der Waals surface area contributed by atoms with Crippen molar-refractivity contribution in [2.75, 3.05) is 13.7 Å². The zero-order valence-corrected chi connectivity index (χ0v) is 24.6. The maximum absolute atomic E-state index is 14.0. The van der Waals surface area contributed by atoms with Crippen LogP contribution in [0.1, 0.15) is 46.1 Å². The third-order valence-corrected chi connectivity index (χ3v) is 10.6. The summed E-state index contributed by atoms with van der Waals surface area (Å²) in [7, 11) is 1.65. The normalized spacial score (nSPS) is 31.5. The SMILES string of the molecule is COc1c(CN2O[C@@H](CO)[C@@H]([C@H](C)O)[C@H]2C(=O)N[C@H]2C[C@H]3C[C@@H]([C@@H]2C)C3(C)C)cccc1-c1ccc2[nH]ccc2c1. The number of aliphatic hydroxyl groups is 2. The summed E-state index contributed by atoms with van der Waals surface area (Å²) in [5.41, 5.74) is 4.21. The Labute approximate surface area is 242 Å². The van der Waals surface area contributed by atoms with Crippen molar-refractivity contribution in [1.82, 2.24) is 15.4 Å². The van der Waals surface area contributed by atoms with Crippen LogP contribution < -0.4 is 10.1 Å². The number of carbonyl (C=O) groups excluding carboxylic acids is 1. The third kappa shape index (κ3) is 4.75. The van der Waals surface area contributed by atoms with Crippen molar-refractivity contribution < 1.29 is 24.6 Å². The van der Waals surface area contributed by atoms with Crippen molar-refractivity contribution in [1.29, 1.82) is 0 Å². The van der Waals surface area contributed by atoms with Crippen molar-refractivity contribution in [3.8, 4) is 16.9 Å². The number of rotatable bonds is 8. The highest BCUT2D eigenvalue weighted by Gasteiger charge is 2.57. The summed E-state index contributed by atoms with van der Waals surface area (Å²) >= 11 is 0. The minimum Gasteiger partial charge on any atom is -0.496 e. The Bertz CT molecular complexity index is 1420. The van der Waals surface area contributed by atoms with Gasteiger partial charge in [0.2, 0.25) is 5.91 Å². The lowest BCUT2D eigenvalue weighted by Crippen LogP contribution is -2.62. The Hall–Kier alpha value is -2.91. The Kier molecular flexibility index (Phi) is 7.39. The molecule has 1 aromatic heterocycles. The molecule has 7 rings (SSSR count). The number of amides is 1. The highest BCUT2D eigenvalue weighted by Crippen LogP contribution is 2.61. The van der Waals surface area contributed by atoms with E-state index in [1.54, 1.807) is 19.1 Å². The molecule has 4 fully saturated rings. The standard InChI is InChI=1S/C33H43N3O5/c1-18-25-14-23(33(25,3)4)15-27(18)35-32(39)30-29(19(2)38)28(17-37)41-36(30)16-22-7-6-8-24(31(22)40-5)20-9-10-26-21(13-20)11-12-34-26/h6-13,18-19,23,25,27-30,34,37-38H,14-17H2,1-5H3,(H,35,39)/t18-,19-,23+,25-,27-,28-,29+,30-/m0/s1. The molecule has 0 radical (unpaired) electrons. The molecule has 1 aliphatic heterocycles. The van der Waals surface area contributed by atoms with E-state index in [0.29, 0.717) is 28.9 Å². The van der Waals surface area contributed by atoms with E-state index in [-0.39, 0.29) is 25.1 Å². The van der Waals surface area contributed by atoms with Gasteiger partial charge in [0.25, 0.3) is 0 Å². The summed E-state index contributed by atoms with van der Waals surface area (Å²) in [6.45, 7) is 8.58. The van der Waals surface area contributed by atoms with Crippen LogP contribution in [0.4, 0.5) is 0 Å². The number of H-pyrrole nitrogens is 1. The predicted molar refractivity (Wildman–Crippen MR) is 158 cm³/mol. The van der Waals surface area contributed by atoms with Crippen molar-refractivity contribution in [3.05, 3.63) is 54.2 Å². The van der Waals surface area contributed by atoms with Gasteiger partial charge in [-0.25, -0.2) is 0 Å². The second kappa shape index (κ2) is 10.7. The molecule has 2 aromatic carbocycles. The van der Waals surface area contributed by atoms with Crippen LogP contribution in [-0.2, 0) is 16.2 Å². The molecule has 0 unspecified atom stereocenters. The lowest BCUT2D eigenvalue weighted by atomic mass is 9.45. The average Bonchev–Trinajstić information content (AvgIpc) is 3.57. The molecule has 3 aromatic rings. The molecule has 3 aliphatic carbocycles. The molecule has 0 spiro atoms. The molecule has 2 bridgehead atoms. The molecule has 8 nitrogen and oxygen atoms in total. The fourth-order valence-electron chi connectivity index (χ4n) is 8.05. The predicted octanol–water partition coefficient (Wildman–Crippen LogP) is 4.50. The van der Waals surface area contributed by atoms with E-state index in [1.165, 1.54) is 6.42 Å². The number of methoxy groups -OCH3 is 1. The van der Waals surface area contributed by atoms with Gasteiger partial charge in [-0.2, -0.15) is 5.06 Å². The number of hydrogen-bond donors (Lipinski definition) is 4. The number of hydrogen-bond acceptors (Lipinski definition) is 6. The van der Waals surface area contributed by atoms with Crippen LogP contribution in [-0.4, -0.2) is 64.2 Å². The molecular formula is C33H43N3O5. The molecule has 8 atom stereocenters. The van der Waals surface area contributed by atoms with Crippen molar-refractivity contribution in [2.24, 2.45) is 29.1 Å². The number of hydroxylamine groups is 2. The Morgan fingerprint density at radius 2 is 2.05 bits per heavy atom. The van der Waals surface area contributed by atoms with Gasteiger partial charge < -0.3 is 25.3 Å². The minimum atomic E-state index is -0.842. The second-order valence-corrected chi connectivity index (χ2v) is 13.0. The van der Waals surface area contributed by atoms with Gasteiger partial charge in [0.15, 0.2) is 0 Å². The summed E-state index contributed by atoms with van der Waals surface area (Å²) < 4.78 is 5.94. The van der Waals surface area contributed by atoms with Gasteiger partial charge in [-0.3, -0.25) is 9.63 Å². The summed E-state index contributed by atoms with van der Waals surface area (Å²) in [4.78, 5) is 23.4. The molecular weight excluding hydrogens is 518 g/mol. The Balaban J connectivity index is 1.28. The number of aromatic amines is 1. The van der Waals surface area contributed by atoms with Crippen LogP contribution in [0.3, 0.4) is 0 Å². The molecule has 2 heterocycles. The number of fused-ring (bicyclic) bond motifs is 3. The van der Waals surface area contributed by atoms with E-state index in [4.69, 9.17) is 9.57 Å². The number of aliphatic hydroxyl groups excluding tert-OH is 2. The zero-order valence-electron chi connectivity index (χ0n) is 24.6. The van der Waals surface area contributed by atoms with Crippen LogP contribution in [0.15, 0.2) is 48.7 Å². The molecule has 4 N–H and O–H groups in total. The first-order valence-corrected chi connectivity index (χ1v) is 14.9. The maximum Gasteiger partial charge on any atom is 0.240 e. The third-order valence-electron chi connectivity index (χ3n) is 10.6. The minimum absolute atomic E-state index is 0.0881. The summed E-state index contributed by atoms with van der Waals surface area (Å²) in [5, 5.41) is 27.0. The smallest absolute Gasteiger partial charge is 0.240 e. The first-order chi connectivity index (χ1) is 19.6. The molecule has 41 heavy (non-hydrogen) atoms. The van der Waals surface area contributed by atoms with Gasteiger partial charge in [-0.15, -0.1) is 0 Å². The Morgan fingerprint density at radius 3 is 2.73 bits per heavy atom. The van der Waals surface area contributed by atoms with Gasteiger partial charge in [0.05, 0.1) is 26.4 Å². The van der Waals surface area contributed by atoms with Crippen molar-refractivity contribution in [3.63, 3.8) is 0 Å². The van der Waals surface area contributed by atoms with E-state index in [9.17, 15) is 15.0 Å².